The molecule has 2 aromatic carbocycles. The maximum absolute atomic E-state index is 3.53. The van der Waals surface area contributed by atoms with E-state index in [1.165, 1.54) is 43.2 Å². The summed E-state index contributed by atoms with van der Waals surface area (Å²) >= 11 is 0. The Morgan fingerprint density at radius 2 is 1.29 bits per heavy atom. The van der Waals surface area contributed by atoms with E-state index in [2.05, 4.69) is 99.2 Å². The van der Waals surface area contributed by atoms with Crippen LogP contribution in [0.3, 0.4) is 0 Å². The van der Waals surface area contributed by atoms with Gasteiger partial charge in [-0.15, -0.1) is 24.8 Å². The fourth-order valence-corrected chi connectivity index (χ4v) is 4.39. The third kappa shape index (κ3) is 6.77. The molecule has 2 N–H and O–H groups in total. The number of hydrogen-bond acceptors (Lipinski definition) is 2. The average molecular weight is 425 g/mol. The Morgan fingerprint density at radius 1 is 0.750 bits per heavy atom. The molecule has 0 aliphatic heterocycles. The Hall–Kier alpha value is -1.06. The summed E-state index contributed by atoms with van der Waals surface area (Å²) in [4.78, 5) is 0. The van der Waals surface area contributed by atoms with Gasteiger partial charge in [-0.3, -0.25) is 0 Å². The SMILES string of the molecule is CNC(NC)C(CCCCCc1ccccc1)(c1ccccc1)C(C)C.Cl.Cl. The van der Waals surface area contributed by atoms with E-state index in [1.54, 1.807) is 0 Å². The lowest BCUT2D eigenvalue weighted by Gasteiger charge is -2.45. The lowest BCUT2D eigenvalue weighted by molar-refractivity contribution is 0.179. The summed E-state index contributed by atoms with van der Waals surface area (Å²) < 4.78 is 0. The van der Waals surface area contributed by atoms with E-state index in [1.807, 2.05) is 0 Å². The zero-order valence-corrected chi connectivity index (χ0v) is 19.4. The van der Waals surface area contributed by atoms with Crippen LogP contribution in [0.5, 0.6) is 0 Å². The standard InChI is InChI=1S/C24H36N2.2ClH/c1-20(2)24(23(25-3)26-4,22-17-11-6-12-18-22)19-13-7-10-16-21-14-8-5-9-15-21;;/h5-6,8-9,11-12,14-15,17-18,20,23,25-26H,7,10,13,16,19H2,1-4H3;2*1H. The zero-order chi connectivity index (χ0) is 18.8. The fraction of sp³-hybridized carbons (Fsp3) is 0.500. The van der Waals surface area contributed by atoms with Gasteiger partial charge in [-0.2, -0.15) is 0 Å². The van der Waals surface area contributed by atoms with E-state index >= 15 is 0 Å². The van der Waals surface area contributed by atoms with Crippen LogP contribution < -0.4 is 10.6 Å². The van der Waals surface area contributed by atoms with Gasteiger partial charge in [0.1, 0.15) is 0 Å². The molecule has 4 heteroatoms. The summed E-state index contributed by atoms with van der Waals surface area (Å²) in [5.41, 5.74) is 2.98. The molecule has 2 aromatic rings. The van der Waals surface area contributed by atoms with E-state index in [4.69, 9.17) is 0 Å². The van der Waals surface area contributed by atoms with Gasteiger partial charge in [0.25, 0.3) is 0 Å². The maximum atomic E-state index is 3.53. The van der Waals surface area contributed by atoms with Crippen LogP contribution in [0.25, 0.3) is 0 Å². The van der Waals surface area contributed by atoms with Crippen molar-refractivity contribution in [3.63, 3.8) is 0 Å². The molecule has 0 fully saturated rings. The van der Waals surface area contributed by atoms with Crippen molar-refractivity contribution in [1.82, 2.24) is 10.6 Å². The number of aryl methyl sites for hydroxylation is 1. The number of benzene rings is 2. The second-order valence-electron chi connectivity index (χ2n) is 7.62. The summed E-state index contributed by atoms with van der Waals surface area (Å²) in [6.07, 6.45) is 6.42. The molecule has 0 aromatic heterocycles. The largest absolute Gasteiger partial charge is 0.304 e. The Bertz CT molecular complexity index is 615. The molecular weight excluding hydrogens is 387 g/mol. The molecule has 1 unspecified atom stereocenters. The maximum Gasteiger partial charge on any atom is 0.0668 e. The molecule has 28 heavy (non-hydrogen) atoms. The topological polar surface area (TPSA) is 24.1 Å². The van der Waals surface area contributed by atoms with E-state index in [9.17, 15) is 0 Å². The molecule has 1 atom stereocenters. The smallest absolute Gasteiger partial charge is 0.0668 e. The van der Waals surface area contributed by atoms with E-state index in [-0.39, 0.29) is 36.4 Å². The predicted octanol–water partition coefficient (Wildman–Crippen LogP) is 5.99. The summed E-state index contributed by atoms with van der Waals surface area (Å²) in [5, 5.41) is 7.06. The summed E-state index contributed by atoms with van der Waals surface area (Å²) in [5.74, 6) is 0.545. The first-order valence-corrected chi connectivity index (χ1v) is 10.1. The Morgan fingerprint density at radius 3 is 1.79 bits per heavy atom. The van der Waals surface area contributed by atoms with Gasteiger partial charge in [-0.25, -0.2) is 0 Å². The molecular formula is C24H38Cl2N2. The quantitative estimate of drug-likeness (QED) is 0.341. The molecule has 0 saturated carbocycles. The second kappa shape index (κ2) is 14.0. The average Bonchev–Trinajstić information content (AvgIpc) is 2.68. The van der Waals surface area contributed by atoms with Gasteiger partial charge in [0.05, 0.1) is 6.17 Å². The lowest BCUT2D eigenvalue weighted by Crippen LogP contribution is -2.57. The molecule has 0 aliphatic carbocycles. The highest BCUT2D eigenvalue weighted by Gasteiger charge is 2.41. The number of rotatable bonds is 11. The van der Waals surface area contributed by atoms with Crippen LogP contribution in [-0.4, -0.2) is 20.3 Å². The molecule has 0 saturated heterocycles. The van der Waals surface area contributed by atoms with Gasteiger partial charge in [0.15, 0.2) is 0 Å². The zero-order valence-electron chi connectivity index (χ0n) is 17.8. The van der Waals surface area contributed by atoms with Gasteiger partial charge in [0, 0.05) is 5.41 Å². The van der Waals surface area contributed by atoms with Gasteiger partial charge >= 0.3 is 0 Å². The minimum absolute atomic E-state index is 0. The highest BCUT2D eigenvalue weighted by molar-refractivity contribution is 5.85. The van der Waals surface area contributed by atoms with Gasteiger partial charge < -0.3 is 10.6 Å². The molecule has 0 aliphatic rings. The highest BCUT2D eigenvalue weighted by atomic mass is 35.5. The number of unbranched alkanes of at least 4 members (excludes halogenated alkanes) is 2. The first-order chi connectivity index (χ1) is 12.6. The minimum Gasteiger partial charge on any atom is -0.304 e. The van der Waals surface area contributed by atoms with Crippen molar-refractivity contribution < 1.29 is 0 Å². The van der Waals surface area contributed by atoms with E-state index in [0.29, 0.717) is 5.92 Å². The van der Waals surface area contributed by atoms with Crippen molar-refractivity contribution in [2.24, 2.45) is 5.92 Å². The van der Waals surface area contributed by atoms with Crippen LogP contribution in [0, 0.1) is 5.92 Å². The third-order valence-electron chi connectivity index (χ3n) is 5.83. The van der Waals surface area contributed by atoms with Crippen molar-refractivity contribution in [1.29, 1.82) is 0 Å². The van der Waals surface area contributed by atoms with Crippen molar-refractivity contribution in [3.05, 3.63) is 71.8 Å². The molecule has 158 valence electrons. The number of nitrogens with one attached hydrogen (secondary N) is 2. The monoisotopic (exact) mass is 424 g/mol. The van der Waals surface area contributed by atoms with E-state index in [0.717, 1.165) is 0 Å². The molecule has 0 bridgehead atoms. The predicted molar refractivity (Wildman–Crippen MR) is 128 cm³/mol. The van der Waals surface area contributed by atoms with E-state index < -0.39 is 0 Å². The molecule has 0 radical (unpaired) electrons. The molecule has 2 nitrogen and oxygen atoms in total. The summed E-state index contributed by atoms with van der Waals surface area (Å²) in [6.45, 7) is 4.72. The second-order valence-corrected chi connectivity index (χ2v) is 7.62. The first-order valence-electron chi connectivity index (χ1n) is 10.1. The van der Waals surface area contributed by atoms with Gasteiger partial charge in [0.2, 0.25) is 0 Å². The molecule has 0 heterocycles. The summed E-state index contributed by atoms with van der Waals surface area (Å²) in [6, 6.07) is 21.9. The van der Waals surface area contributed by atoms with Crippen LogP contribution in [0.15, 0.2) is 60.7 Å². The Labute approximate surface area is 184 Å². The van der Waals surface area contributed by atoms with Gasteiger partial charge in [-0.1, -0.05) is 87.4 Å². The van der Waals surface area contributed by atoms with Crippen LogP contribution in [0.2, 0.25) is 0 Å². The molecule has 2 rings (SSSR count). The molecule has 0 spiro atoms. The van der Waals surface area contributed by atoms with Crippen molar-refractivity contribution in [3.8, 4) is 0 Å². The third-order valence-corrected chi connectivity index (χ3v) is 5.83. The van der Waals surface area contributed by atoms with Crippen LogP contribution in [-0.2, 0) is 11.8 Å². The first kappa shape index (κ1) is 26.9. The van der Waals surface area contributed by atoms with Crippen molar-refractivity contribution in [2.75, 3.05) is 14.1 Å². The number of halogens is 2. The van der Waals surface area contributed by atoms with Crippen molar-refractivity contribution >= 4 is 24.8 Å². The van der Waals surface area contributed by atoms with Crippen LogP contribution in [0.4, 0.5) is 0 Å². The lowest BCUT2D eigenvalue weighted by atomic mass is 9.66. The summed E-state index contributed by atoms with van der Waals surface area (Å²) in [7, 11) is 4.13. The molecule has 0 amide bonds. The van der Waals surface area contributed by atoms with Crippen molar-refractivity contribution in [2.45, 2.75) is 57.5 Å². The van der Waals surface area contributed by atoms with Crippen LogP contribution in [0.1, 0.15) is 50.7 Å². The Kier molecular flexibility index (Phi) is 13.5. The van der Waals surface area contributed by atoms with Crippen LogP contribution >= 0.6 is 24.8 Å². The number of hydrogen-bond donors (Lipinski definition) is 2. The minimum atomic E-state index is 0. The normalized spacial score (nSPS) is 12.9. The number of likely N-dealkylation sites (N-methyl/N-ethyl adjacent to an activating group) is 2. The highest BCUT2D eigenvalue weighted by Crippen LogP contribution is 2.40. The Balaban J connectivity index is 0.00000364. The fourth-order valence-electron chi connectivity index (χ4n) is 4.39. The van der Waals surface area contributed by atoms with Gasteiger partial charge in [-0.05, 0) is 50.4 Å².